The van der Waals surface area contributed by atoms with Crippen molar-refractivity contribution in [2.24, 2.45) is 0 Å². The van der Waals surface area contributed by atoms with Crippen LogP contribution in [0.2, 0.25) is 0 Å². The number of nitro benzene ring substituents is 1. The molecular weight excluding hydrogens is 277 g/mol. The third kappa shape index (κ3) is 3.86. The minimum Gasteiger partial charge on any atom is -0.394 e. The van der Waals surface area contributed by atoms with Crippen molar-refractivity contribution in [1.29, 1.82) is 0 Å². The molecule has 0 saturated carbocycles. The van der Waals surface area contributed by atoms with Gasteiger partial charge in [0.25, 0.3) is 5.69 Å². The molecule has 0 aliphatic heterocycles. The molecule has 108 valence electrons. The molecule has 0 aromatic heterocycles. The second-order valence-electron chi connectivity index (χ2n) is 3.92. The van der Waals surface area contributed by atoms with Crippen LogP contribution in [0.3, 0.4) is 0 Å². The monoisotopic (exact) mass is 288 g/mol. The van der Waals surface area contributed by atoms with Gasteiger partial charge in [-0.15, -0.1) is 12.3 Å². The van der Waals surface area contributed by atoms with Crippen molar-refractivity contribution in [2.75, 3.05) is 11.9 Å². The molecule has 0 fully saturated rings. The van der Waals surface area contributed by atoms with Crippen LogP contribution in [0.1, 0.15) is 12.0 Å². The fourth-order valence-electron chi connectivity index (χ4n) is 1.50. The van der Waals surface area contributed by atoms with E-state index in [0.29, 0.717) is 6.07 Å². The van der Waals surface area contributed by atoms with Crippen LogP contribution in [-0.2, 0) is 6.18 Å². The molecule has 0 heterocycles. The van der Waals surface area contributed by atoms with Gasteiger partial charge in [-0.05, 0) is 12.1 Å². The van der Waals surface area contributed by atoms with Gasteiger partial charge in [0.1, 0.15) is 5.69 Å². The fraction of sp³-hybridized carbons (Fsp3) is 0.333. The minimum absolute atomic E-state index is 0.0781. The van der Waals surface area contributed by atoms with Crippen LogP contribution in [0.5, 0.6) is 0 Å². The summed E-state index contributed by atoms with van der Waals surface area (Å²) in [6.45, 7) is -0.400. The molecule has 0 radical (unpaired) electrons. The van der Waals surface area contributed by atoms with Crippen LogP contribution in [0, 0.1) is 22.5 Å². The van der Waals surface area contributed by atoms with Gasteiger partial charge in [0.05, 0.1) is 23.1 Å². The second-order valence-corrected chi connectivity index (χ2v) is 3.92. The van der Waals surface area contributed by atoms with Gasteiger partial charge in [0.2, 0.25) is 0 Å². The summed E-state index contributed by atoms with van der Waals surface area (Å²) in [5.74, 6) is 2.25. The van der Waals surface area contributed by atoms with E-state index < -0.39 is 35.0 Å². The van der Waals surface area contributed by atoms with E-state index in [1.807, 2.05) is 0 Å². The summed E-state index contributed by atoms with van der Waals surface area (Å²) >= 11 is 0. The van der Waals surface area contributed by atoms with Gasteiger partial charge in [-0.2, -0.15) is 13.2 Å². The van der Waals surface area contributed by atoms with E-state index in [-0.39, 0.29) is 12.1 Å². The number of alkyl halides is 3. The van der Waals surface area contributed by atoms with Gasteiger partial charge in [-0.3, -0.25) is 10.1 Å². The molecule has 1 aromatic rings. The molecule has 2 N–H and O–H groups in total. The number of anilines is 1. The maximum Gasteiger partial charge on any atom is 0.416 e. The molecular formula is C12H11F3N2O3. The highest BCUT2D eigenvalue weighted by Gasteiger charge is 2.33. The average Bonchev–Trinajstić information content (AvgIpc) is 2.36. The number of hydrogen-bond acceptors (Lipinski definition) is 4. The predicted octanol–water partition coefficient (Wildman–Crippen LogP) is 2.41. The zero-order valence-corrected chi connectivity index (χ0v) is 10.1. The van der Waals surface area contributed by atoms with E-state index in [1.165, 1.54) is 0 Å². The van der Waals surface area contributed by atoms with Crippen LogP contribution >= 0.6 is 0 Å². The topological polar surface area (TPSA) is 75.4 Å². The highest BCUT2D eigenvalue weighted by molar-refractivity contribution is 5.63. The third-order valence-electron chi connectivity index (χ3n) is 2.47. The SMILES string of the molecule is C#CCC(CO)Nc1ccc(C(F)(F)F)cc1[N+](=O)[O-]. The van der Waals surface area contributed by atoms with Gasteiger partial charge in [-0.25, -0.2) is 0 Å². The average molecular weight is 288 g/mol. The molecule has 0 saturated heterocycles. The van der Waals surface area contributed by atoms with E-state index in [9.17, 15) is 23.3 Å². The second kappa shape index (κ2) is 6.25. The normalized spacial score (nSPS) is 12.6. The maximum atomic E-state index is 12.5. The number of terminal acetylenes is 1. The Bertz CT molecular complexity index is 538. The number of rotatable bonds is 5. The highest BCUT2D eigenvalue weighted by atomic mass is 19.4. The molecule has 1 rings (SSSR count). The zero-order chi connectivity index (χ0) is 15.3. The van der Waals surface area contributed by atoms with E-state index in [4.69, 9.17) is 11.5 Å². The van der Waals surface area contributed by atoms with Gasteiger partial charge in [-0.1, -0.05) is 0 Å². The standard InChI is InChI=1S/C12H11F3N2O3/c1-2-3-9(7-18)16-10-5-4-8(12(13,14)15)6-11(10)17(19)20/h1,4-6,9,16,18H,3,7H2. The first-order valence-corrected chi connectivity index (χ1v) is 5.46. The van der Waals surface area contributed by atoms with E-state index in [0.717, 1.165) is 12.1 Å². The molecule has 1 unspecified atom stereocenters. The summed E-state index contributed by atoms with van der Waals surface area (Å²) in [5.41, 5.74) is -1.97. The van der Waals surface area contributed by atoms with Crippen molar-refractivity contribution in [3.63, 3.8) is 0 Å². The van der Waals surface area contributed by atoms with E-state index >= 15 is 0 Å². The Morgan fingerprint density at radius 1 is 1.50 bits per heavy atom. The summed E-state index contributed by atoms with van der Waals surface area (Å²) in [4.78, 5) is 9.90. The van der Waals surface area contributed by atoms with Crippen LogP contribution in [0.4, 0.5) is 24.5 Å². The van der Waals surface area contributed by atoms with Crippen molar-refractivity contribution in [3.8, 4) is 12.3 Å². The molecule has 8 heteroatoms. The largest absolute Gasteiger partial charge is 0.416 e. The summed E-state index contributed by atoms with van der Waals surface area (Å²) in [6, 6.07) is 1.43. The quantitative estimate of drug-likeness (QED) is 0.495. The first kappa shape index (κ1) is 15.8. The van der Waals surface area contributed by atoms with E-state index in [2.05, 4.69) is 11.2 Å². The summed E-state index contributed by atoms with van der Waals surface area (Å²) in [7, 11) is 0. The number of nitrogens with zero attached hydrogens (tertiary/aromatic N) is 1. The van der Waals surface area contributed by atoms with Crippen LogP contribution in [0.25, 0.3) is 0 Å². The van der Waals surface area contributed by atoms with Crippen LogP contribution in [-0.4, -0.2) is 22.7 Å². The number of aliphatic hydroxyl groups is 1. The van der Waals surface area contributed by atoms with Crippen molar-refractivity contribution < 1.29 is 23.2 Å². The molecule has 20 heavy (non-hydrogen) atoms. The predicted molar refractivity (Wildman–Crippen MR) is 66.0 cm³/mol. The summed E-state index contributed by atoms with van der Waals surface area (Å²) in [5, 5.41) is 22.4. The Morgan fingerprint density at radius 3 is 2.60 bits per heavy atom. The number of nitrogens with one attached hydrogen (secondary N) is 1. The molecule has 0 spiro atoms. The number of halogens is 3. The summed E-state index contributed by atoms with van der Waals surface area (Å²) < 4.78 is 37.5. The maximum absolute atomic E-state index is 12.5. The molecule has 5 nitrogen and oxygen atoms in total. The van der Waals surface area contributed by atoms with Crippen molar-refractivity contribution in [3.05, 3.63) is 33.9 Å². The Morgan fingerprint density at radius 2 is 2.15 bits per heavy atom. The van der Waals surface area contributed by atoms with Crippen molar-refractivity contribution in [2.45, 2.75) is 18.6 Å². The molecule has 1 aromatic carbocycles. The lowest BCUT2D eigenvalue weighted by molar-refractivity contribution is -0.384. The lowest BCUT2D eigenvalue weighted by Gasteiger charge is -2.16. The molecule has 0 aliphatic carbocycles. The Labute approximate surface area is 112 Å². The van der Waals surface area contributed by atoms with Gasteiger partial charge in [0.15, 0.2) is 0 Å². The number of benzene rings is 1. The van der Waals surface area contributed by atoms with Crippen molar-refractivity contribution >= 4 is 11.4 Å². The Hall–Kier alpha value is -2.27. The molecule has 1 atom stereocenters. The lowest BCUT2D eigenvalue weighted by Crippen LogP contribution is -2.23. The number of nitro groups is 1. The smallest absolute Gasteiger partial charge is 0.394 e. The fourth-order valence-corrected chi connectivity index (χ4v) is 1.50. The van der Waals surface area contributed by atoms with Gasteiger partial charge in [0, 0.05) is 12.5 Å². The molecule has 0 bridgehead atoms. The highest BCUT2D eigenvalue weighted by Crippen LogP contribution is 2.35. The molecule has 0 amide bonds. The van der Waals surface area contributed by atoms with Crippen LogP contribution in [0.15, 0.2) is 18.2 Å². The lowest BCUT2D eigenvalue weighted by atomic mass is 10.1. The first-order valence-electron chi connectivity index (χ1n) is 5.46. The Kier molecular flexibility index (Phi) is 4.94. The zero-order valence-electron chi connectivity index (χ0n) is 10.1. The van der Waals surface area contributed by atoms with E-state index in [1.54, 1.807) is 0 Å². The summed E-state index contributed by atoms with van der Waals surface area (Å²) in [6.07, 6.45) is 0.464. The van der Waals surface area contributed by atoms with Gasteiger partial charge < -0.3 is 10.4 Å². The number of hydrogen-bond donors (Lipinski definition) is 2. The Balaban J connectivity index is 3.14. The first-order chi connectivity index (χ1) is 9.29. The van der Waals surface area contributed by atoms with Crippen molar-refractivity contribution in [1.82, 2.24) is 0 Å². The van der Waals surface area contributed by atoms with Gasteiger partial charge >= 0.3 is 6.18 Å². The number of aliphatic hydroxyl groups excluding tert-OH is 1. The minimum atomic E-state index is -4.67. The third-order valence-corrected chi connectivity index (χ3v) is 2.47. The van der Waals surface area contributed by atoms with Crippen LogP contribution < -0.4 is 5.32 Å². The molecule has 0 aliphatic rings.